The topological polar surface area (TPSA) is 64.2 Å². The third-order valence-corrected chi connectivity index (χ3v) is 5.14. The lowest BCUT2D eigenvalue weighted by atomic mass is 9.84. The predicted molar refractivity (Wildman–Crippen MR) is 108 cm³/mol. The molecule has 0 aliphatic heterocycles. The molecule has 1 fully saturated rings. The van der Waals surface area contributed by atoms with Gasteiger partial charge in [0, 0.05) is 42.8 Å². The van der Waals surface area contributed by atoms with Crippen LogP contribution in [0, 0.1) is 11.6 Å². The summed E-state index contributed by atoms with van der Waals surface area (Å²) < 4.78 is 61.5. The summed E-state index contributed by atoms with van der Waals surface area (Å²) in [6.07, 6.45) is 2.29. The second-order valence-corrected chi connectivity index (χ2v) is 7.27. The fourth-order valence-electron chi connectivity index (χ4n) is 3.56. The van der Waals surface area contributed by atoms with Crippen LogP contribution in [0.3, 0.4) is 0 Å². The van der Waals surface area contributed by atoms with Crippen LogP contribution in [-0.4, -0.2) is 30.1 Å². The average Bonchev–Trinajstić information content (AvgIpc) is 2.75. The van der Waals surface area contributed by atoms with Crippen molar-refractivity contribution in [2.24, 2.45) is 0 Å². The zero-order valence-corrected chi connectivity index (χ0v) is 17.1. The van der Waals surface area contributed by atoms with E-state index in [1.54, 1.807) is 6.07 Å². The second-order valence-electron chi connectivity index (χ2n) is 7.27. The molecule has 0 radical (unpaired) electrons. The summed E-state index contributed by atoms with van der Waals surface area (Å²) in [7, 11) is 2.77. The molecule has 1 N–H and O–H groups in total. The minimum atomic E-state index is -2.65. The molecule has 9 heteroatoms. The lowest BCUT2D eigenvalue weighted by Crippen LogP contribution is -2.26. The molecule has 1 aliphatic rings. The Bertz CT molecular complexity index is 1120. The SMILES string of the molecule is COc1cc2[nH]c(C3CCCC(F)(F)C3)cc(=O)c2cn1.COc1cccc(F)c1F. The molecule has 0 amide bonds. The summed E-state index contributed by atoms with van der Waals surface area (Å²) in [5, 5.41) is 0.433. The number of nitrogens with zero attached hydrogens (tertiary/aromatic N) is 1. The molecular weight excluding hydrogens is 416 g/mol. The fourth-order valence-corrected chi connectivity index (χ4v) is 3.56. The molecule has 4 rings (SSSR count). The fraction of sp³-hybridized carbons (Fsp3) is 0.364. The average molecular weight is 438 g/mol. The lowest BCUT2D eigenvalue weighted by Gasteiger charge is -2.28. The molecule has 2 aromatic heterocycles. The van der Waals surface area contributed by atoms with Crippen LogP contribution in [-0.2, 0) is 0 Å². The number of pyridine rings is 2. The number of hydrogen-bond donors (Lipinski definition) is 1. The van der Waals surface area contributed by atoms with Gasteiger partial charge < -0.3 is 14.5 Å². The molecule has 1 unspecified atom stereocenters. The maximum Gasteiger partial charge on any atom is 0.248 e. The van der Waals surface area contributed by atoms with Crippen molar-refractivity contribution in [3.8, 4) is 11.6 Å². The number of fused-ring (bicyclic) bond motifs is 1. The summed E-state index contributed by atoms with van der Waals surface area (Å²) in [6, 6.07) is 6.82. The van der Waals surface area contributed by atoms with Gasteiger partial charge in [0.2, 0.25) is 17.6 Å². The lowest BCUT2D eigenvalue weighted by molar-refractivity contribution is -0.0412. The van der Waals surface area contributed by atoms with Crippen LogP contribution in [0.4, 0.5) is 17.6 Å². The summed E-state index contributed by atoms with van der Waals surface area (Å²) in [5.74, 6) is -4.48. The van der Waals surface area contributed by atoms with E-state index in [0.29, 0.717) is 35.3 Å². The van der Waals surface area contributed by atoms with E-state index in [9.17, 15) is 22.4 Å². The first kappa shape index (κ1) is 22.6. The summed E-state index contributed by atoms with van der Waals surface area (Å²) in [4.78, 5) is 19.2. The number of rotatable bonds is 3. The Morgan fingerprint density at radius 2 is 1.94 bits per heavy atom. The van der Waals surface area contributed by atoms with E-state index >= 15 is 0 Å². The highest BCUT2D eigenvalue weighted by molar-refractivity contribution is 5.78. The molecule has 0 spiro atoms. The van der Waals surface area contributed by atoms with Crippen molar-refractivity contribution in [3.05, 3.63) is 64.1 Å². The Morgan fingerprint density at radius 1 is 1.16 bits per heavy atom. The minimum Gasteiger partial charge on any atom is -0.494 e. The van der Waals surface area contributed by atoms with Crippen molar-refractivity contribution >= 4 is 10.9 Å². The Kier molecular flexibility index (Phi) is 6.82. The number of hydrogen-bond acceptors (Lipinski definition) is 4. The summed E-state index contributed by atoms with van der Waals surface area (Å²) >= 11 is 0. The number of aromatic amines is 1. The van der Waals surface area contributed by atoms with Gasteiger partial charge in [-0.25, -0.2) is 18.2 Å². The van der Waals surface area contributed by atoms with E-state index < -0.39 is 17.6 Å². The first-order chi connectivity index (χ1) is 14.7. The van der Waals surface area contributed by atoms with Crippen LogP contribution < -0.4 is 14.9 Å². The number of benzene rings is 1. The minimum absolute atomic E-state index is 0.0694. The van der Waals surface area contributed by atoms with E-state index in [4.69, 9.17) is 4.74 Å². The van der Waals surface area contributed by atoms with Crippen molar-refractivity contribution in [1.29, 1.82) is 0 Å². The van der Waals surface area contributed by atoms with E-state index in [0.717, 1.165) is 6.07 Å². The van der Waals surface area contributed by atoms with Crippen molar-refractivity contribution in [3.63, 3.8) is 0 Å². The molecule has 2 heterocycles. The summed E-state index contributed by atoms with van der Waals surface area (Å²) in [5.41, 5.74) is 0.932. The quantitative estimate of drug-likeness (QED) is 0.571. The zero-order chi connectivity index (χ0) is 22.6. The second kappa shape index (κ2) is 9.36. The van der Waals surface area contributed by atoms with Gasteiger partial charge >= 0.3 is 0 Å². The van der Waals surface area contributed by atoms with Crippen LogP contribution in [0.5, 0.6) is 11.6 Å². The number of aromatic nitrogens is 2. The van der Waals surface area contributed by atoms with Gasteiger partial charge in [-0.1, -0.05) is 6.07 Å². The molecule has 1 aromatic carbocycles. The molecule has 1 saturated carbocycles. The van der Waals surface area contributed by atoms with E-state index in [2.05, 4.69) is 14.7 Å². The number of halogens is 4. The molecular formula is C22H22F4N2O3. The number of methoxy groups -OCH3 is 2. The van der Waals surface area contributed by atoms with Crippen molar-refractivity contribution in [2.75, 3.05) is 14.2 Å². The van der Waals surface area contributed by atoms with E-state index in [-0.39, 0.29) is 29.9 Å². The largest absolute Gasteiger partial charge is 0.494 e. The number of nitrogens with one attached hydrogen (secondary N) is 1. The van der Waals surface area contributed by atoms with Crippen LogP contribution in [0.15, 0.2) is 41.3 Å². The van der Waals surface area contributed by atoms with Crippen molar-refractivity contribution < 1.29 is 27.0 Å². The zero-order valence-electron chi connectivity index (χ0n) is 17.1. The van der Waals surface area contributed by atoms with Gasteiger partial charge in [0.25, 0.3) is 0 Å². The van der Waals surface area contributed by atoms with Crippen LogP contribution in [0.2, 0.25) is 0 Å². The Balaban J connectivity index is 0.000000229. The van der Waals surface area contributed by atoms with Gasteiger partial charge in [0.1, 0.15) is 0 Å². The highest BCUT2D eigenvalue weighted by Gasteiger charge is 2.37. The Hall–Kier alpha value is -3.10. The van der Waals surface area contributed by atoms with Gasteiger partial charge in [-0.15, -0.1) is 0 Å². The normalized spacial score (nSPS) is 17.5. The van der Waals surface area contributed by atoms with Gasteiger partial charge in [-0.3, -0.25) is 4.79 Å². The smallest absolute Gasteiger partial charge is 0.248 e. The van der Waals surface area contributed by atoms with Gasteiger partial charge in [-0.05, 0) is 25.0 Å². The molecule has 31 heavy (non-hydrogen) atoms. The predicted octanol–water partition coefficient (Wildman–Crippen LogP) is 5.20. The maximum absolute atomic E-state index is 13.6. The molecule has 1 atom stereocenters. The van der Waals surface area contributed by atoms with Crippen molar-refractivity contribution in [1.82, 2.24) is 9.97 Å². The van der Waals surface area contributed by atoms with Crippen LogP contribution >= 0.6 is 0 Å². The maximum atomic E-state index is 13.6. The highest BCUT2D eigenvalue weighted by atomic mass is 19.3. The highest BCUT2D eigenvalue weighted by Crippen LogP contribution is 2.41. The molecule has 166 valence electrons. The Labute approximate surface area is 176 Å². The van der Waals surface area contributed by atoms with Crippen molar-refractivity contribution in [2.45, 2.75) is 37.5 Å². The number of alkyl halides is 2. The third-order valence-electron chi connectivity index (χ3n) is 5.14. The first-order valence-electron chi connectivity index (χ1n) is 9.67. The summed E-state index contributed by atoms with van der Waals surface area (Å²) in [6.45, 7) is 0. The van der Waals surface area contributed by atoms with Crippen LogP contribution in [0.25, 0.3) is 10.9 Å². The van der Waals surface area contributed by atoms with Crippen LogP contribution in [0.1, 0.15) is 37.3 Å². The number of ether oxygens (including phenoxy) is 2. The molecule has 3 aromatic rings. The molecule has 0 saturated heterocycles. The molecule has 0 bridgehead atoms. The van der Waals surface area contributed by atoms with Gasteiger partial charge in [-0.2, -0.15) is 4.39 Å². The number of H-pyrrole nitrogens is 1. The van der Waals surface area contributed by atoms with E-state index in [1.807, 2.05) is 0 Å². The monoisotopic (exact) mass is 438 g/mol. The van der Waals surface area contributed by atoms with Gasteiger partial charge in [0.05, 0.1) is 25.1 Å². The molecule has 5 nitrogen and oxygen atoms in total. The van der Waals surface area contributed by atoms with Gasteiger partial charge in [0.15, 0.2) is 17.0 Å². The third kappa shape index (κ3) is 5.34. The Morgan fingerprint density at radius 3 is 2.58 bits per heavy atom. The first-order valence-corrected chi connectivity index (χ1v) is 9.67. The molecule has 1 aliphatic carbocycles. The van der Waals surface area contributed by atoms with E-state index in [1.165, 1.54) is 38.6 Å². The standard InChI is InChI=1S/C15H16F2N2O2.C7H6F2O/c1-21-14-6-12-10(8-18-14)13(20)5-11(19-12)9-3-2-4-15(16,17)7-9;1-10-6-4-2-3-5(8)7(6)9/h5-6,8-9H,2-4,7H2,1H3,(H,19,20);2-4H,1H3.